The average Bonchev–Trinajstić information content (AvgIpc) is 2.75. The number of nitrogens with zero attached hydrogens (tertiary/aromatic N) is 2. The molecule has 2 heterocycles. The van der Waals surface area contributed by atoms with Crippen LogP contribution < -0.4 is 10.6 Å². The van der Waals surface area contributed by atoms with Crippen LogP contribution in [0.25, 0.3) is 0 Å². The van der Waals surface area contributed by atoms with Gasteiger partial charge in [0.25, 0.3) is 0 Å². The van der Waals surface area contributed by atoms with Crippen molar-refractivity contribution < 1.29 is 12.8 Å². The van der Waals surface area contributed by atoms with Gasteiger partial charge in [0.1, 0.15) is 11.7 Å². The lowest BCUT2D eigenvalue weighted by Crippen LogP contribution is -2.64. The van der Waals surface area contributed by atoms with E-state index in [1.807, 2.05) is 26.0 Å². The van der Waals surface area contributed by atoms with Crippen LogP contribution in [0.4, 0.5) is 4.39 Å². The first-order valence-electron chi connectivity index (χ1n) is 10.8. The Morgan fingerprint density at radius 1 is 1.18 bits per heavy atom. The summed E-state index contributed by atoms with van der Waals surface area (Å²) in [7, 11) is -3.55. The average molecular weight is 515 g/mol. The molecule has 0 bridgehead atoms. The van der Waals surface area contributed by atoms with E-state index >= 15 is 0 Å². The topological polar surface area (TPSA) is 73.8 Å². The number of sulfonamides is 1. The van der Waals surface area contributed by atoms with Crippen LogP contribution in [-0.2, 0) is 16.6 Å². The Labute approximate surface area is 206 Å². The SMILES string of the molecule is Cc1ccc(S(=O)(=O)N2CCC3(CC2)NCCN=C3NCc2ccc(F)c(Cl)c2)c(C)c1.Cl. The molecule has 0 radical (unpaired) electrons. The van der Waals surface area contributed by atoms with Crippen molar-refractivity contribution in [3.8, 4) is 0 Å². The fourth-order valence-electron chi connectivity index (χ4n) is 4.51. The minimum Gasteiger partial charge on any atom is -0.368 e. The number of amidine groups is 1. The lowest BCUT2D eigenvalue weighted by Gasteiger charge is -2.44. The minimum absolute atomic E-state index is 0. The molecule has 180 valence electrons. The normalized spacial score (nSPS) is 18.5. The van der Waals surface area contributed by atoms with E-state index in [1.54, 1.807) is 22.5 Å². The van der Waals surface area contributed by atoms with Crippen molar-refractivity contribution in [2.75, 3.05) is 26.2 Å². The predicted octanol–water partition coefficient (Wildman–Crippen LogP) is 3.83. The lowest BCUT2D eigenvalue weighted by atomic mass is 9.85. The van der Waals surface area contributed by atoms with Crippen molar-refractivity contribution in [3.05, 3.63) is 63.9 Å². The zero-order valence-electron chi connectivity index (χ0n) is 18.7. The smallest absolute Gasteiger partial charge is 0.243 e. The highest BCUT2D eigenvalue weighted by Gasteiger charge is 2.43. The zero-order valence-corrected chi connectivity index (χ0v) is 21.1. The van der Waals surface area contributed by atoms with Gasteiger partial charge in [-0.05, 0) is 56.0 Å². The first-order valence-corrected chi connectivity index (χ1v) is 12.6. The summed E-state index contributed by atoms with van der Waals surface area (Å²) in [6, 6.07) is 10.1. The van der Waals surface area contributed by atoms with Crippen molar-refractivity contribution >= 4 is 39.9 Å². The van der Waals surface area contributed by atoms with Gasteiger partial charge in [-0.3, -0.25) is 4.99 Å². The Bertz CT molecular complexity index is 1150. The van der Waals surface area contributed by atoms with Crippen LogP contribution in [0, 0.1) is 19.7 Å². The maximum absolute atomic E-state index is 13.4. The van der Waals surface area contributed by atoms with Crippen LogP contribution in [0.2, 0.25) is 5.02 Å². The molecule has 4 rings (SSSR count). The summed E-state index contributed by atoms with van der Waals surface area (Å²) < 4.78 is 41.5. The third-order valence-electron chi connectivity index (χ3n) is 6.27. The second-order valence-electron chi connectivity index (χ2n) is 8.51. The van der Waals surface area contributed by atoms with Crippen molar-refractivity contribution in [2.45, 2.75) is 43.7 Å². The van der Waals surface area contributed by atoms with E-state index < -0.39 is 21.4 Å². The van der Waals surface area contributed by atoms with Crippen molar-refractivity contribution in [3.63, 3.8) is 0 Å². The van der Waals surface area contributed by atoms with E-state index in [2.05, 4.69) is 10.6 Å². The standard InChI is InChI=1S/C23H28ClFN4O2S.ClH/c1-16-3-6-21(17(2)13-16)32(30,31)29-11-7-23(8-12-29)22(26-9-10-28-23)27-15-18-4-5-20(25)19(24)14-18;/h3-6,13-14,28H,7-12,15H2,1-2H3,(H,26,27);1H. The van der Waals surface area contributed by atoms with Crippen LogP contribution in [0.5, 0.6) is 0 Å². The number of halogens is 3. The summed E-state index contributed by atoms with van der Waals surface area (Å²) in [5, 5.41) is 7.05. The Balaban J connectivity index is 0.00000306. The molecule has 0 unspecified atom stereocenters. The molecule has 10 heteroatoms. The minimum atomic E-state index is -3.55. The molecular weight excluding hydrogens is 486 g/mol. The quantitative estimate of drug-likeness (QED) is 0.650. The second-order valence-corrected chi connectivity index (χ2v) is 10.8. The van der Waals surface area contributed by atoms with Crippen molar-refractivity contribution in [2.24, 2.45) is 4.99 Å². The molecule has 1 saturated heterocycles. The van der Waals surface area contributed by atoms with E-state index in [0.717, 1.165) is 29.1 Å². The fraction of sp³-hybridized carbons (Fsp3) is 0.435. The van der Waals surface area contributed by atoms with Gasteiger partial charge in [-0.15, -0.1) is 12.4 Å². The summed E-state index contributed by atoms with van der Waals surface area (Å²) in [4.78, 5) is 5.07. The van der Waals surface area contributed by atoms with Gasteiger partial charge in [0.05, 0.1) is 22.0 Å². The maximum atomic E-state index is 13.4. The molecule has 0 saturated carbocycles. The summed E-state index contributed by atoms with van der Waals surface area (Å²) in [6.45, 7) is 6.47. The Kier molecular flexibility index (Phi) is 8.07. The molecule has 33 heavy (non-hydrogen) atoms. The maximum Gasteiger partial charge on any atom is 0.243 e. The molecule has 6 nitrogen and oxygen atoms in total. The van der Waals surface area contributed by atoms with Gasteiger partial charge >= 0.3 is 0 Å². The molecule has 0 aromatic heterocycles. The Morgan fingerprint density at radius 3 is 2.58 bits per heavy atom. The molecule has 2 aromatic carbocycles. The molecular formula is C23H29Cl2FN4O2S. The van der Waals surface area contributed by atoms with Gasteiger partial charge in [-0.2, -0.15) is 4.31 Å². The molecule has 0 amide bonds. The summed E-state index contributed by atoms with van der Waals surface area (Å²) in [5.74, 6) is 0.383. The van der Waals surface area contributed by atoms with Crippen molar-refractivity contribution in [1.29, 1.82) is 0 Å². The van der Waals surface area contributed by atoms with Crippen molar-refractivity contribution in [1.82, 2.24) is 14.9 Å². The Morgan fingerprint density at radius 2 is 1.91 bits per heavy atom. The summed E-state index contributed by atoms with van der Waals surface area (Å²) in [6.07, 6.45) is 1.24. The number of hydrogen-bond acceptors (Lipinski definition) is 5. The summed E-state index contributed by atoms with van der Waals surface area (Å²) in [5.41, 5.74) is 2.27. The van der Waals surface area contributed by atoms with Gasteiger partial charge in [0, 0.05) is 26.2 Å². The number of hydrogen-bond donors (Lipinski definition) is 2. The Hall–Kier alpha value is -1.71. The molecule has 2 N–H and O–H groups in total. The third kappa shape index (κ3) is 5.35. The van der Waals surface area contributed by atoms with Crippen LogP contribution in [0.3, 0.4) is 0 Å². The molecule has 1 spiro atoms. The first kappa shape index (κ1) is 25.9. The highest BCUT2D eigenvalue weighted by Crippen LogP contribution is 2.30. The highest BCUT2D eigenvalue weighted by molar-refractivity contribution is 7.89. The molecule has 0 atom stereocenters. The largest absolute Gasteiger partial charge is 0.368 e. The van der Waals surface area contributed by atoms with E-state index in [0.29, 0.717) is 43.9 Å². The van der Waals surface area contributed by atoms with Crippen LogP contribution >= 0.6 is 24.0 Å². The van der Waals surface area contributed by atoms with Crippen LogP contribution in [0.15, 0.2) is 46.3 Å². The van der Waals surface area contributed by atoms with Gasteiger partial charge in [0.15, 0.2) is 0 Å². The first-order chi connectivity index (χ1) is 15.2. The van der Waals surface area contributed by atoms with E-state index in [4.69, 9.17) is 16.6 Å². The monoisotopic (exact) mass is 514 g/mol. The van der Waals surface area contributed by atoms with Crippen LogP contribution in [-0.4, -0.2) is 50.3 Å². The van der Waals surface area contributed by atoms with Crippen LogP contribution in [0.1, 0.15) is 29.5 Å². The van der Waals surface area contributed by atoms with E-state index in [9.17, 15) is 12.8 Å². The number of benzene rings is 2. The molecule has 0 aliphatic carbocycles. The number of nitrogens with one attached hydrogen (secondary N) is 2. The van der Waals surface area contributed by atoms with Gasteiger partial charge in [0.2, 0.25) is 10.0 Å². The number of rotatable bonds is 4. The molecule has 2 aliphatic rings. The van der Waals surface area contributed by atoms with E-state index in [-0.39, 0.29) is 17.4 Å². The zero-order chi connectivity index (χ0) is 22.9. The lowest BCUT2D eigenvalue weighted by molar-refractivity contribution is 0.241. The highest BCUT2D eigenvalue weighted by atomic mass is 35.5. The van der Waals surface area contributed by atoms with Gasteiger partial charge < -0.3 is 10.6 Å². The third-order valence-corrected chi connectivity index (χ3v) is 8.62. The van der Waals surface area contributed by atoms with E-state index in [1.165, 1.54) is 6.07 Å². The van der Waals surface area contributed by atoms with Gasteiger partial charge in [-0.25, -0.2) is 12.8 Å². The van der Waals surface area contributed by atoms with Gasteiger partial charge in [-0.1, -0.05) is 35.4 Å². The number of aryl methyl sites for hydroxylation is 2. The molecule has 1 fully saturated rings. The number of piperidine rings is 1. The second kappa shape index (κ2) is 10.3. The number of aliphatic imine (C=N–C) groups is 1. The fourth-order valence-corrected chi connectivity index (χ4v) is 6.36. The molecule has 2 aromatic rings. The predicted molar refractivity (Wildman–Crippen MR) is 132 cm³/mol. The summed E-state index contributed by atoms with van der Waals surface area (Å²) >= 11 is 5.90. The molecule has 2 aliphatic heterocycles.